The lowest BCUT2D eigenvalue weighted by atomic mass is 9.99. The van der Waals surface area contributed by atoms with Crippen molar-refractivity contribution in [2.45, 2.75) is 6.92 Å². The highest BCUT2D eigenvalue weighted by Crippen LogP contribution is 2.21. The predicted molar refractivity (Wildman–Crippen MR) is 121 cm³/mol. The molecule has 0 bridgehead atoms. The molecule has 150 valence electrons. The smallest absolute Gasteiger partial charge is 0.213 e. The molecule has 0 spiro atoms. The van der Waals surface area contributed by atoms with Crippen molar-refractivity contribution in [3.63, 3.8) is 0 Å². The van der Waals surface area contributed by atoms with Crippen LogP contribution in [0.2, 0.25) is 0 Å². The van der Waals surface area contributed by atoms with Gasteiger partial charge in [0, 0.05) is 34.5 Å². The van der Waals surface area contributed by atoms with E-state index in [9.17, 15) is 0 Å². The number of nitrogen functional groups attached to an aromatic ring is 1. The molecule has 0 atom stereocenters. The summed E-state index contributed by atoms with van der Waals surface area (Å²) >= 11 is 0. The topological polar surface area (TPSA) is 125 Å². The molecule has 7 nitrogen and oxygen atoms in total. The zero-order valence-electron chi connectivity index (χ0n) is 16.8. The molecule has 0 saturated heterocycles. The first-order valence-corrected chi connectivity index (χ1v) is 9.06. The molecule has 0 amide bonds. The largest absolute Gasteiger partial charge is 0.481 e. The second-order valence-corrected chi connectivity index (χ2v) is 6.49. The van der Waals surface area contributed by atoms with Gasteiger partial charge in [-0.25, -0.2) is 15.0 Å². The van der Waals surface area contributed by atoms with Gasteiger partial charge in [-0.15, -0.1) is 0 Å². The fraction of sp³-hybridized carbons (Fsp3) is 0.0870. The van der Waals surface area contributed by atoms with E-state index in [-0.39, 0.29) is 5.82 Å². The molecule has 6 N–H and O–H groups in total. The SMILES string of the molecule is C=C(N)/N=C(\C(C#Cc1ccc(N)nc1)=C(\C)N)c1ccc2nc(OC)ccc2c1. The van der Waals surface area contributed by atoms with Crippen LogP contribution in [-0.2, 0) is 0 Å². The maximum Gasteiger partial charge on any atom is 0.213 e. The van der Waals surface area contributed by atoms with Crippen LogP contribution in [0.15, 0.2) is 77.3 Å². The van der Waals surface area contributed by atoms with Gasteiger partial charge in [0.1, 0.15) is 11.6 Å². The summed E-state index contributed by atoms with van der Waals surface area (Å²) in [7, 11) is 1.58. The van der Waals surface area contributed by atoms with Crippen LogP contribution in [0.1, 0.15) is 18.1 Å². The zero-order valence-corrected chi connectivity index (χ0v) is 16.8. The van der Waals surface area contributed by atoms with Crippen LogP contribution in [-0.4, -0.2) is 22.8 Å². The van der Waals surface area contributed by atoms with Crippen LogP contribution >= 0.6 is 0 Å². The van der Waals surface area contributed by atoms with E-state index in [1.165, 1.54) is 0 Å². The Morgan fingerprint density at radius 3 is 2.57 bits per heavy atom. The molecule has 0 unspecified atom stereocenters. The number of fused-ring (bicyclic) bond motifs is 1. The highest BCUT2D eigenvalue weighted by Gasteiger charge is 2.13. The summed E-state index contributed by atoms with van der Waals surface area (Å²) in [4.78, 5) is 12.9. The third-order valence-corrected chi connectivity index (χ3v) is 4.15. The lowest BCUT2D eigenvalue weighted by molar-refractivity contribution is 0.399. The fourth-order valence-electron chi connectivity index (χ4n) is 2.73. The van der Waals surface area contributed by atoms with Crippen molar-refractivity contribution in [2.75, 3.05) is 12.8 Å². The molecule has 0 fully saturated rings. The Morgan fingerprint density at radius 1 is 1.13 bits per heavy atom. The Bertz CT molecular complexity index is 1230. The van der Waals surface area contributed by atoms with E-state index in [1.807, 2.05) is 24.3 Å². The van der Waals surface area contributed by atoms with Crippen LogP contribution in [0.3, 0.4) is 0 Å². The first kappa shape index (κ1) is 20.4. The number of aliphatic imine (C=N–C) groups is 1. The summed E-state index contributed by atoms with van der Waals surface area (Å²) in [5.41, 5.74) is 21.4. The molecule has 2 aromatic heterocycles. The lowest BCUT2D eigenvalue weighted by Gasteiger charge is -2.10. The van der Waals surface area contributed by atoms with E-state index in [4.69, 9.17) is 21.9 Å². The minimum atomic E-state index is 0.146. The van der Waals surface area contributed by atoms with Crippen molar-refractivity contribution in [2.24, 2.45) is 16.5 Å². The number of rotatable bonds is 4. The van der Waals surface area contributed by atoms with Gasteiger partial charge in [0.15, 0.2) is 0 Å². The van der Waals surface area contributed by atoms with E-state index in [0.717, 1.165) is 16.5 Å². The first-order chi connectivity index (χ1) is 14.4. The summed E-state index contributed by atoms with van der Waals surface area (Å²) in [6.45, 7) is 5.46. The molecule has 2 heterocycles. The zero-order chi connectivity index (χ0) is 21.7. The second kappa shape index (κ2) is 8.80. The molecule has 7 heteroatoms. The number of hydrogen-bond donors (Lipinski definition) is 3. The Kier molecular flexibility index (Phi) is 5.99. The molecule has 0 aliphatic carbocycles. The Hall–Kier alpha value is -4.31. The number of anilines is 1. The van der Waals surface area contributed by atoms with E-state index in [1.54, 1.807) is 38.4 Å². The monoisotopic (exact) mass is 398 g/mol. The number of pyridine rings is 2. The number of methoxy groups -OCH3 is 1. The molecule has 3 rings (SSSR count). The first-order valence-electron chi connectivity index (χ1n) is 9.06. The standard InChI is InChI=1S/C23H22N6O/c1-14(24)19(8-4-16-5-10-21(26)27-13-16)23(28-15(2)25)18-6-9-20-17(12-18)7-11-22(29-20)30-3/h5-7,9-13H,2,24-25H2,1,3H3,(H2,26,27)/b19-14-,28-23-. The minimum absolute atomic E-state index is 0.146. The summed E-state index contributed by atoms with van der Waals surface area (Å²) in [6, 6.07) is 12.9. The molecule has 0 saturated carbocycles. The van der Waals surface area contributed by atoms with Gasteiger partial charge >= 0.3 is 0 Å². The van der Waals surface area contributed by atoms with E-state index >= 15 is 0 Å². The highest BCUT2D eigenvalue weighted by atomic mass is 16.5. The van der Waals surface area contributed by atoms with Crippen molar-refractivity contribution in [1.29, 1.82) is 0 Å². The van der Waals surface area contributed by atoms with Gasteiger partial charge in [-0.3, -0.25) is 0 Å². The van der Waals surface area contributed by atoms with E-state index < -0.39 is 0 Å². The van der Waals surface area contributed by atoms with Crippen molar-refractivity contribution in [3.05, 3.63) is 83.5 Å². The summed E-state index contributed by atoms with van der Waals surface area (Å²) in [5.74, 6) is 7.24. The number of nitrogens with zero attached hydrogens (tertiary/aromatic N) is 3. The maximum absolute atomic E-state index is 6.15. The van der Waals surface area contributed by atoms with Crippen LogP contribution in [0.25, 0.3) is 10.9 Å². The van der Waals surface area contributed by atoms with Crippen molar-refractivity contribution >= 4 is 22.4 Å². The van der Waals surface area contributed by atoms with Gasteiger partial charge in [-0.1, -0.05) is 24.5 Å². The molecule has 3 aromatic rings. The third kappa shape index (κ3) is 4.75. The molecule has 0 aliphatic heterocycles. The maximum atomic E-state index is 6.15. The summed E-state index contributed by atoms with van der Waals surface area (Å²) in [5, 5.41) is 0.911. The van der Waals surface area contributed by atoms with Gasteiger partial charge in [0.25, 0.3) is 0 Å². The van der Waals surface area contributed by atoms with Crippen molar-refractivity contribution in [1.82, 2.24) is 9.97 Å². The van der Waals surface area contributed by atoms with Gasteiger partial charge in [0.2, 0.25) is 5.88 Å². The molecule has 0 aliphatic rings. The van der Waals surface area contributed by atoms with Gasteiger partial charge in [0.05, 0.1) is 23.9 Å². The highest BCUT2D eigenvalue weighted by molar-refractivity contribution is 6.17. The summed E-state index contributed by atoms with van der Waals surface area (Å²) < 4.78 is 5.19. The van der Waals surface area contributed by atoms with Gasteiger partial charge in [-0.05, 0) is 37.3 Å². The van der Waals surface area contributed by atoms with Crippen molar-refractivity contribution < 1.29 is 4.74 Å². The molecule has 30 heavy (non-hydrogen) atoms. The van der Waals surface area contributed by atoms with E-state index in [0.29, 0.717) is 34.2 Å². The van der Waals surface area contributed by atoms with Crippen LogP contribution in [0, 0.1) is 11.8 Å². The quantitative estimate of drug-likeness (QED) is 0.458. The van der Waals surface area contributed by atoms with E-state index in [2.05, 4.69) is 33.4 Å². The summed E-state index contributed by atoms with van der Waals surface area (Å²) in [6.07, 6.45) is 1.60. The van der Waals surface area contributed by atoms with Crippen molar-refractivity contribution in [3.8, 4) is 17.7 Å². The van der Waals surface area contributed by atoms with Gasteiger partial charge in [-0.2, -0.15) is 0 Å². The predicted octanol–water partition coefficient (Wildman–Crippen LogP) is 2.72. The molecule has 0 radical (unpaired) electrons. The van der Waals surface area contributed by atoms with Crippen LogP contribution in [0.5, 0.6) is 5.88 Å². The Balaban J connectivity index is 2.10. The number of nitrogens with two attached hydrogens (primary N) is 3. The Labute approximate surface area is 175 Å². The normalized spacial score (nSPS) is 12.0. The third-order valence-electron chi connectivity index (χ3n) is 4.15. The minimum Gasteiger partial charge on any atom is -0.481 e. The van der Waals surface area contributed by atoms with Crippen LogP contribution < -0.4 is 21.9 Å². The lowest BCUT2D eigenvalue weighted by Crippen LogP contribution is -2.12. The average Bonchev–Trinajstić information content (AvgIpc) is 2.73. The fourth-order valence-corrected chi connectivity index (χ4v) is 2.73. The number of benzene rings is 1. The second-order valence-electron chi connectivity index (χ2n) is 6.49. The Morgan fingerprint density at radius 2 is 1.93 bits per heavy atom. The molecular weight excluding hydrogens is 376 g/mol. The number of allylic oxidation sites excluding steroid dienone is 2. The number of ether oxygens (including phenoxy) is 1. The molecule has 1 aromatic carbocycles. The number of aromatic nitrogens is 2. The number of hydrogen-bond acceptors (Lipinski definition) is 7. The molecular formula is C23H22N6O. The van der Waals surface area contributed by atoms with Gasteiger partial charge < -0.3 is 21.9 Å². The van der Waals surface area contributed by atoms with Crippen LogP contribution in [0.4, 0.5) is 5.82 Å². The average molecular weight is 398 g/mol.